The van der Waals surface area contributed by atoms with Gasteiger partial charge in [0.15, 0.2) is 5.82 Å². The van der Waals surface area contributed by atoms with Gasteiger partial charge in [-0.25, -0.2) is 4.98 Å². The highest BCUT2D eigenvalue weighted by Crippen LogP contribution is 2.34. The maximum Gasteiger partial charge on any atom is 0.226 e. The molecule has 2 aromatic rings. The minimum absolute atomic E-state index is 0.377. The van der Waals surface area contributed by atoms with Crippen LogP contribution in [0.4, 0.5) is 0 Å². The summed E-state index contributed by atoms with van der Waals surface area (Å²) >= 11 is 0. The molecule has 0 saturated carbocycles. The van der Waals surface area contributed by atoms with Crippen molar-refractivity contribution in [3.05, 3.63) is 28.9 Å². The fraction of sp³-hybridized carbons (Fsp3) is 0.737. The first-order valence-corrected chi connectivity index (χ1v) is 9.71. The molecule has 1 aliphatic heterocycles. The van der Waals surface area contributed by atoms with Crippen molar-refractivity contribution in [1.82, 2.24) is 24.6 Å². The Morgan fingerprint density at radius 1 is 1.16 bits per heavy atom. The van der Waals surface area contributed by atoms with E-state index in [9.17, 15) is 0 Å². The number of imidazole rings is 1. The molecule has 3 heterocycles. The predicted molar refractivity (Wildman–Crippen MR) is 95.1 cm³/mol. The zero-order valence-corrected chi connectivity index (χ0v) is 15.7. The molecule has 1 fully saturated rings. The smallest absolute Gasteiger partial charge is 0.226 e. The Morgan fingerprint density at radius 3 is 2.80 bits per heavy atom. The maximum atomic E-state index is 5.41. The molecule has 6 heteroatoms. The fourth-order valence-corrected chi connectivity index (χ4v) is 4.28. The van der Waals surface area contributed by atoms with Crippen LogP contribution in [0.1, 0.15) is 74.5 Å². The van der Waals surface area contributed by atoms with Gasteiger partial charge in [0.05, 0.1) is 18.3 Å². The number of nitrogens with zero attached hydrogens (tertiary/aromatic N) is 5. The molecule has 0 unspecified atom stereocenters. The molecule has 1 saturated heterocycles. The molecule has 0 bridgehead atoms. The van der Waals surface area contributed by atoms with E-state index in [4.69, 9.17) is 9.51 Å². The summed E-state index contributed by atoms with van der Waals surface area (Å²) in [5.74, 6) is 3.33. The molecule has 0 spiro atoms. The van der Waals surface area contributed by atoms with E-state index in [1.807, 2.05) is 0 Å². The summed E-state index contributed by atoms with van der Waals surface area (Å²) in [6, 6.07) is 0.377. The van der Waals surface area contributed by atoms with Gasteiger partial charge >= 0.3 is 0 Å². The summed E-state index contributed by atoms with van der Waals surface area (Å²) < 4.78 is 7.77. The number of hydrogen-bond acceptors (Lipinski definition) is 5. The molecule has 1 atom stereocenters. The van der Waals surface area contributed by atoms with Crippen LogP contribution >= 0.6 is 0 Å². The highest BCUT2D eigenvalue weighted by molar-refractivity contribution is 5.22. The highest BCUT2D eigenvalue weighted by Gasteiger charge is 2.32. The second-order valence-electron chi connectivity index (χ2n) is 7.96. The monoisotopic (exact) mass is 343 g/mol. The van der Waals surface area contributed by atoms with Gasteiger partial charge in [-0.1, -0.05) is 19.0 Å². The Morgan fingerprint density at radius 2 is 2.00 bits per heavy atom. The summed E-state index contributed by atoms with van der Waals surface area (Å²) in [6.07, 6.45) is 8.11. The van der Waals surface area contributed by atoms with E-state index in [0.29, 0.717) is 12.0 Å². The lowest BCUT2D eigenvalue weighted by molar-refractivity contribution is 0.226. The third kappa shape index (κ3) is 3.36. The number of rotatable bonds is 5. The molecule has 4 rings (SSSR count). The second-order valence-corrected chi connectivity index (χ2v) is 7.96. The summed E-state index contributed by atoms with van der Waals surface area (Å²) in [7, 11) is 2.19. The van der Waals surface area contributed by atoms with Crippen LogP contribution < -0.4 is 0 Å². The number of aryl methyl sites for hydroxylation is 1. The molecule has 2 aliphatic rings. The first-order valence-electron chi connectivity index (χ1n) is 9.71. The van der Waals surface area contributed by atoms with Crippen molar-refractivity contribution in [2.75, 3.05) is 6.54 Å². The van der Waals surface area contributed by atoms with Crippen molar-refractivity contribution in [2.24, 2.45) is 13.0 Å². The zero-order chi connectivity index (χ0) is 17.4. The molecule has 2 aromatic heterocycles. The van der Waals surface area contributed by atoms with Crippen molar-refractivity contribution in [2.45, 2.75) is 71.4 Å². The fourth-order valence-electron chi connectivity index (χ4n) is 4.28. The van der Waals surface area contributed by atoms with Gasteiger partial charge in [0.25, 0.3) is 0 Å². The van der Waals surface area contributed by atoms with Gasteiger partial charge in [-0.05, 0) is 51.0 Å². The minimum Gasteiger partial charge on any atom is -0.339 e. The van der Waals surface area contributed by atoms with Gasteiger partial charge in [-0.15, -0.1) is 0 Å². The van der Waals surface area contributed by atoms with Crippen LogP contribution in [0, 0.1) is 5.92 Å². The molecular formula is C19H29N5O. The zero-order valence-electron chi connectivity index (χ0n) is 15.7. The van der Waals surface area contributed by atoms with E-state index in [2.05, 4.69) is 40.5 Å². The largest absolute Gasteiger partial charge is 0.339 e. The van der Waals surface area contributed by atoms with Crippen molar-refractivity contribution >= 4 is 0 Å². The SMILES string of the molecule is CC(C)Cc1nc(CN2CCC[C@H]2c2nc3c(n2C)CCCC3)no1. The van der Waals surface area contributed by atoms with E-state index in [-0.39, 0.29) is 0 Å². The lowest BCUT2D eigenvalue weighted by atomic mass is 10.0. The van der Waals surface area contributed by atoms with Gasteiger partial charge in [0.2, 0.25) is 5.89 Å². The third-order valence-electron chi connectivity index (χ3n) is 5.51. The molecule has 0 amide bonds. The Balaban J connectivity index is 1.51. The van der Waals surface area contributed by atoms with E-state index in [0.717, 1.165) is 37.6 Å². The number of likely N-dealkylation sites (tertiary alicyclic amines) is 1. The number of fused-ring (bicyclic) bond motifs is 1. The van der Waals surface area contributed by atoms with Crippen LogP contribution in [-0.4, -0.2) is 31.1 Å². The van der Waals surface area contributed by atoms with Gasteiger partial charge in [-0.3, -0.25) is 4.90 Å². The van der Waals surface area contributed by atoms with Gasteiger partial charge in [0.1, 0.15) is 5.82 Å². The minimum atomic E-state index is 0.377. The predicted octanol–water partition coefficient (Wildman–Crippen LogP) is 3.22. The van der Waals surface area contributed by atoms with Gasteiger partial charge in [-0.2, -0.15) is 4.98 Å². The van der Waals surface area contributed by atoms with E-state index in [1.165, 1.54) is 49.3 Å². The van der Waals surface area contributed by atoms with Crippen LogP contribution in [0.25, 0.3) is 0 Å². The van der Waals surface area contributed by atoms with E-state index in [1.54, 1.807) is 0 Å². The Labute approximate surface area is 149 Å². The van der Waals surface area contributed by atoms with Crippen LogP contribution in [0.3, 0.4) is 0 Å². The second kappa shape index (κ2) is 6.90. The summed E-state index contributed by atoms with van der Waals surface area (Å²) in [6.45, 7) is 6.17. The Bertz CT molecular complexity index is 732. The first-order chi connectivity index (χ1) is 12.1. The molecular weight excluding hydrogens is 314 g/mol. The highest BCUT2D eigenvalue weighted by atomic mass is 16.5. The molecule has 1 aliphatic carbocycles. The van der Waals surface area contributed by atoms with Gasteiger partial charge < -0.3 is 9.09 Å². The molecule has 136 valence electrons. The standard InChI is InChI=1S/C19H29N5O/c1-13(2)11-18-21-17(22-25-18)12-24-10-6-9-16(24)19-20-14-7-4-5-8-15(14)23(19)3/h13,16H,4-12H2,1-3H3/t16-/m0/s1. The summed E-state index contributed by atoms with van der Waals surface area (Å²) in [5, 5.41) is 4.19. The van der Waals surface area contributed by atoms with E-state index < -0.39 is 0 Å². The summed E-state index contributed by atoms with van der Waals surface area (Å²) in [5.41, 5.74) is 2.78. The molecule has 0 aromatic carbocycles. The van der Waals surface area contributed by atoms with Crippen LogP contribution in [0.2, 0.25) is 0 Å². The van der Waals surface area contributed by atoms with E-state index >= 15 is 0 Å². The Hall–Kier alpha value is -1.69. The number of aromatic nitrogens is 4. The molecule has 0 radical (unpaired) electrons. The van der Waals surface area contributed by atoms with Crippen LogP contribution in [0.5, 0.6) is 0 Å². The normalized spacial score (nSPS) is 21.2. The molecule has 6 nitrogen and oxygen atoms in total. The molecule has 0 N–H and O–H groups in total. The summed E-state index contributed by atoms with van der Waals surface area (Å²) in [4.78, 5) is 12.1. The Kier molecular flexibility index (Phi) is 4.63. The van der Waals surface area contributed by atoms with Crippen molar-refractivity contribution in [3.8, 4) is 0 Å². The van der Waals surface area contributed by atoms with Crippen LogP contribution in [-0.2, 0) is 32.9 Å². The maximum absolute atomic E-state index is 5.41. The topological polar surface area (TPSA) is 60.0 Å². The first kappa shape index (κ1) is 16.8. The quantitative estimate of drug-likeness (QED) is 0.834. The lowest BCUT2D eigenvalue weighted by Gasteiger charge is -2.22. The average Bonchev–Trinajstić information content (AvgIpc) is 3.28. The van der Waals surface area contributed by atoms with Crippen LogP contribution in [0.15, 0.2) is 4.52 Å². The molecule has 25 heavy (non-hydrogen) atoms. The van der Waals surface area contributed by atoms with Crippen molar-refractivity contribution < 1.29 is 4.52 Å². The van der Waals surface area contributed by atoms with Gasteiger partial charge in [0, 0.05) is 19.2 Å². The number of hydrogen-bond donors (Lipinski definition) is 0. The van der Waals surface area contributed by atoms with Crippen molar-refractivity contribution in [1.29, 1.82) is 0 Å². The lowest BCUT2D eigenvalue weighted by Crippen LogP contribution is -2.25. The average molecular weight is 343 g/mol. The third-order valence-corrected chi connectivity index (χ3v) is 5.51. The van der Waals surface area contributed by atoms with Crippen molar-refractivity contribution in [3.63, 3.8) is 0 Å².